The zero-order chi connectivity index (χ0) is 16.8. The molecular weight excluding hydrogens is 290 g/mol. The molecule has 1 rings (SSSR count). The van der Waals surface area contributed by atoms with Crippen LogP contribution in [0.15, 0.2) is 0 Å². The Labute approximate surface area is 120 Å². The van der Waals surface area contributed by atoms with E-state index in [9.17, 15) is 19.2 Å². The molecule has 0 bridgehead atoms. The van der Waals surface area contributed by atoms with E-state index in [0.29, 0.717) is 0 Å². The zero-order valence-corrected chi connectivity index (χ0v) is 11.3. The summed E-state index contributed by atoms with van der Waals surface area (Å²) in [5.74, 6) is -2.91. The van der Waals surface area contributed by atoms with Gasteiger partial charge in [-0.1, -0.05) is 0 Å². The predicted molar refractivity (Wildman–Crippen MR) is 66.2 cm³/mol. The zero-order valence-electron chi connectivity index (χ0n) is 11.3. The van der Waals surface area contributed by atoms with E-state index in [2.05, 4.69) is 0 Å². The van der Waals surface area contributed by atoms with Crippen LogP contribution in [-0.2, 0) is 19.2 Å². The molecule has 0 unspecified atom stereocenters. The lowest BCUT2D eigenvalue weighted by molar-refractivity contribution is -0.171. The number of carboxylic acid groups (broad SMARTS) is 2. The lowest BCUT2D eigenvalue weighted by atomic mass is 10.2. The van der Waals surface area contributed by atoms with Gasteiger partial charge in [-0.2, -0.15) is 5.06 Å². The SMILES string of the molecule is O=C(O)CCCC(=O)O.O=C1CCC(=O)N1O.OCCO. The molecule has 0 atom stereocenters. The molecule has 0 radical (unpaired) electrons. The van der Waals surface area contributed by atoms with Crippen LogP contribution in [0.2, 0.25) is 0 Å². The number of hydroxylamine groups is 2. The van der Waals surface area contributed by atoms with Gasteiger partial charge in [0, 0.05) is 25.7 Å². The smallest absolute Gasteiger partial charge is 0.303 e. The second kappa shape index (κ2) is 13.0. The minimum Gasteiger partial charge on any atom is -0.481 e. The first-order valence-corrected chi connectivity index (χ1v) is 5.96. The minimum absolute atomic E-state index is 0.0632. The fourth-order valence-electron chi connectivity index (χ4n) is 0.956. The van der Waals surface area contributed by atoms with Crippen molar-refractivity contribution in [2.45, 2.75) is 32.1 Å². The van der Waals surface area contributed by atoms with E-state index in [-0.39, 0.29) is 50.4 Å². The third kappa shape index (κ3) is 14.2. The van der Waals surface area contributed by atoms with Crippen molar-refractivity contribution >= 4 is 23.8 Å². The van der Waals surface area contributed by atoms with Gasteiger partial charge in [-0.25, -0.2) is 0 Å². The molecule has 5 N–H and O–H groups in total. The molecule has 1 aliphatic rings. The number of hydrogen-bond acceptors (Lipinski definition) is 7. The molecule has 1 saturated heterocycles. The summed E-state index contributed by atoms with van der Waals surface area (Å²) in [7, 11) is 0. The van der Waals surface area contributed by atoms with Crippen LogP contribution >= 0.6 is 0 Å². The molecule has 0 spiro atoms. The third-order valence-electron chi connectivity index (χ3n) is 1.91. The summed E-state index contributed by atoms with van der Waals surface area (Å²) in [4.78, 5) is 40.1. The summed E-state index contributed by atoms with van der Waals surface area (Å²) < 4.78 is 0. The van der Waals surface area contributed by atoms with Gasteiger partial charge in [0.2, 0.25) is 0 Å². The molecule has 10 nitrogen and oxygen atoms in total. The van der Waals surface area contributed by atoms with E-state index in [1.807, 2.05) is 0 Å². The Kier molecular flexibility index (Phi) is 13.1. The highest BCUT2D eigenvalue weighted by Gasteiger charge is 2.26. The van der Waals surface area contributed by atoms with Crippen molar-refractivity contribution < 1.29 is 44.8 Å². The van der Waals surface area contributed by atoms with Gasteiger partial charge in [0.1, 0.15) is 0 Å². The van der Waals surface area contributed by atoms with Gasteiger partial charge in [-0.05, 0) is 6.42 Å². The quantitative estimate of drug-likeness (QED) is 0.309. The molecular formula is C11H19NO9. The number of aliphatic carboxylic acids is 2. The van der Waals surface area contributed by atoms with Crippen molar-refractivity contribution in [1.29, 1.82) is 0 Å². The van der Waals surface area contributed by atoms with E-state index < -0.39 is 23.8 Å². The summed E-state index contributed by atoms with van der Waals surface area (Å²) in [5, 5.41) is 39.9. The van der Waals surface area contributed by atoms with Crippen molar-refractivity contribution in [3.05, 3.63) is 0 Å². The van der Waals surface area contributed by atoms with Gasteiger partial charge < -0.3 is 20.4 Å². The molecule has 0 aromatic rings. The summed E-state index contributed by atoms with van der Waals surface area (Å²) in [6.45, 7) is -0.250. The van der Waals surface area contributed by atoms with Crippen LogP contribution in [-0.4, -0.2) is 67.7 Å². The Morgan fingerprint density at radius 1 is 0.905 bits per heavy atom. The highest BCUT2D eigenvalue weighted by molar-refractivity contribution is 6.00. The predicted octanol–water partition coefficient (Wildman–Crippen LogP) is -1.18. The third-order valence-corrected chi connectivity index (χ3v) is 1.91. The van der Waals surface area contributed by atoms with Gasteiger partial charge in [0.15, 0.2) is 0 Å². The number of carbonyl (C=O) groups is 4. The van der Waals surface area contributed by atoms with E-state index in [1.165, 1.54) is 0 Å². The molecule has 1 aliphatic heterocycles. The Morgan fingerprint density at radius 3 is 1.38 bits per heavy atom. The van der Waals surface area contributed by atoms with E-state index in [4.69, 9.17) is 25.6 Å². The van der Waals surface area contributed by atoms with Crippen LogP contribution < -0.4 is 0 Å². The molecule has 1 fully saturated rings. The lowest BCUT2D eigenvalue weighted by Gasteiger charge is -1.98. The maximum absolute atomic E-state index is 10.2. The summed E-state index contributed by atoms with van der Waals surface area (Å²) >= 11 is 0. The van der Waals surface area contributed by atoms with Crippen molar-refractivity contribution in [3.8, 4) is 0 Å². The standard InChI is InChI=1S/C5H8O4.C4H5NO3.C2H6O2/c6-4(7)2-1-3-5(8)9;6-3-1-2-4(7)5(3)8;3-1-2-4/h1-3H2,(H,6,7)(H,8,9);8H,1-2H2;3-4H,1-2H2. The maximum Gasteiger partial charge on any atom is 0.303 e. The van der Waals surface area contributed by atoms with Gasteiger partial charge in [0.05, 0.1) is 13.2 Å². The van der Waals surface area contributed by atoms with Crippen molar-refractivity contribution in [2.24, 2.45) is 0 Å². The number of aliphatic hydroxyl groups is 2. The molecule has 0 aromatic carbocycles. The monoisotopic (exact) mass is 309 g/mol. The first kappa shape index (κ1) is 21.3. The fraction of sp³-hybridized carbons (Fsp3) is 0.636. The average molecular weight is 309 g/mol. The van der Waals surface area contributed by atoms with E-state index >= 15 is 0 Å². The Hall–Kier alpha value is -2.04. The number of aliphatic hydroxyl groups excluding tert-OH is 2. The number of carbonyl (C=O) groups excluding carboxylic acids is 2. The number of nitrogens with zero attached hydrogens (tertiary/aromatic N) is 1. The largest absolute Gasteiger partial charge is 0.481 e. The van der Waals surface area contributed by atoms with Crippen LogP contribution in [0, 0.1) is 0 Å². The number of amides is 2. The Bertz CT molecular complexity index is 324. The van der Waals surface area contributed by atoms with Crippen LogP contribution in [0.25, 0.3) is 0 Å². The van der Waals surface area contributed by atoms with Crippen molar-refractivity contribution in [2.75, 3.05) is 13.2 Å². The second-order valence-electron chi connectivity index (χ2n) is 3.69. The number of hydrogen-bond donors (Lipinski definition) is 5. The summed E-state index contributed by atoms with van der Waals surface area (Å²) in [6.07, 6.45) is 0.383. The topological polar surface area (TPSA) is 173 Å². The molecule has 0 aliphatic carbocycles. The van der Waals surface area contributed by atoms with Gasteiger partial charge in [-0.15, -0.1) is 0 Å². The molecule has 0 aromatic heterocycles. The van der Waals surface area contributed by atoms with Crippen LogP contribution in [0.3, 0.4) is 0 Å². The van der Waals surface area contributed by atoms with Crippen LogP contribution in [0.5, 0.6) is 0 Å². The average Bonchev–Trinajstić information content (AvgIpc) is 2.70. The molecule has 1 heterocycles. The normalized spacial score (nSPS) is 13.0. The fourth-order valence-corrected chi connectivity index (χ4v) is 0.956. The minimum atomic E-state index is -0.948. The molecule has 0 saturated carbocycles. The van der Waals surface area contributed by atoms with Crippen molar-refractivity contribution in [1.82, 2.24) is 5.06 Å². The second-order valence-corrected chi connectivity index (χ2v) is 3.69. The van der Waals surface area contributed by atoms with Gasteiger partial charge in [-0.3, -0.25) is 24.4 Å². The van der Waals surface area contributed by atoms with E-state index in [1.54, 1.807) is 0 Å². The number of carboxylic acids is 2. The molecule has 122 valence electrons. The number of imide groups is 1. The maximum atomic E-state index is 10.2. The lowest BCUT2D eigenvalue weighted by Crippen LogP contribution is -2.24. The first-order valence-electron chi connectivity index (χ1n) is 5.96. The summed E-state index contributed by atoms with van der Waals surface area (Å²) in [5.41, 5.74) is 0. The molecule has 2 amide bonds. The number of rotatable bonds is 5. The van der Waals surface area contributed by atoms with Crippen LogP contribution in [0.1, 0.15) is 32.1 Å². The Morgan fingerprint density at radius 2 is 1.24 bits per heavy atom. The van der Waals surface area contributed by atoms with E-state index in [0.717, 1.165) is 0 Å². The highest BCUT2D eigenvalue weighted by atomic mass is 16.5. The molecule has 10 heteroatoms. The van der Waals surface area contributed by atoms with Crippen LogP contribution in [0.4, 0.5) is 0 Å². The first-order chi connectivity index (χ1) is 9.76. The van der Waals surface area contributed by atoms with Gasteiger partial charge in [0.25, 0.3) is 11.8 Å². The summed E-state index contributed by atoms with van der Waals surface area (Å²) in [6, 6.07) is 0. The van der Waals surface area contributed by atoms with Gasteiger partial charge >= 0.3 is 11.9 Å². The Balaban J connectivity index is 0. The highest BCUT2D eigenvalue weighted by Crippen LogP contribution is 2.07. The van der Waals surface area contributed by atoms with Crippen molar-refractivity contribution in [3.63, 3.8) is 0 Å². The molecule has 21 heavy (non-hydrogen) atoms.